The topological polar surface area (TPSA) is 558 Å². The van der Waals surface area contributed by atoms with Crippen LogP contribution in [0.1, 0.15) is 125 Å². The van der Waals surface area contributed by atoms with Gasteiger partial charge in [0, 0.05) is 55.2 Å². The molecule has 8 amide bonds. The lowest BCUT2D eigenvalue weighted by atomic mass is 9.86. The average Bonchev–Trinajstić information content (AvgIpc) is 0.766. The summed E-state index contributed by atoms with van der Waals surface area (Å²) in [7, 11) is 4.16. The van der Waals surface area contributed by atoms with E-state index in [0.717, 1.165) is 53.4 Å². The molecule has 606 valence electrons. The number of primary amides is 1. The van der Waals surface area contributed by atoms with E-state index >= 15 is 24.0 Å². The van der Waals surface area contributed by atoms with E-state index in [2.05, 4.69) is 37.2 Å². The predicted molar refractivity (Wildman–Crippen MR) is 392 cm³/mol. The van der Waals surface area contributed by atoms with Crippen LogP contribution in [-0.4, -0.2) is 229 Å². The Labute approximate surface area is 646 Å². The SMILES string of the molecule is CN[C@H](CC(C)C)C(=O)N[C@H]1C(=O)N[C@@H](CC(N)=O)C(=O)N[C@H]2C(=O)N[C@H]3C(=O)N[C@H](C(=O)N[C@H](C(=O)N(C)C)c4cc(O)cc(O)c4-c4cc3ccc4O)[C@H](O[C@H]3C[C@](C)(N)[C@@H](O)[C@H](C)O3)c3ccc(cc3)Oc3cc2cc(c3O[C@@H]2O[C@H](CO)[C@@H](O)[C@H](O)[C@H]2O[C@H]2C[C@](C)(N)[C@@H](O)[C@H](C)O2)Oc2ccc(cc2Cl)[C@H]1O. The number of aliphatic hydroxyl groups excluding tert-OH is 6. The molecular weight excluding hydrogens is 1490 g/mol. The Hall–Kier alpha value is -9.61. The van der Waals surface area contributed by atoms with Crippen molar-refractivity contribution >= 4 is 58.9 Å². The number of aliphatic hydroxyl groups is 6. The first-order valence-electron chi connectivity index (χ1n) is 36.1. The lowest BCUT2D eigenvalue weighted by Gasteiger charge is -2.47. The Morgan fingerprint density at radius 2 is 1.28 bits per heavy atom. The average molecular weight is 1590 g/mol. The number of nitrogens with two attached hydrogens (primary N) is 3. The van der Waals surface area contributed by atoms with Crippen molar-refractivity contribution < 1.29 is 122 Å². The van der Waals surface area contributed by atoms with E-state index in [1.807, 2.05) is 13.8 Å². The summed E-state index contributed by atoms with van der Waals surface area (Å²) in [5.74, 6) is -13.9. The molecule has 0 spiro atoms. The first-order chi connectivity index (χ1) is 52.8. The molecule has 3 saturated heterocycles. The second-order valence-electron chi connectivity index (χ2n) is 30.0. The van der Waals surface area contributed by atoms with Crippen molar-refractivity contribution in [2.75, 3.05) is 27.7 Å². The summed E-state index contributed by atoms with van der Waals surface area (Å²) in [6.07, 6.45) is -22.1. The number of halogens is 1. The molecule has 0 saturated carbocycles. The van der Waals surface area contributed by atoms with Crippen molar-refractivity contribution in [1.29, 1.82) is 0 Å². The van der Waals surface area contributed by atoms with Gasteiger partial charge in [0.05, 0.1) is 48.5 Å². The molecule has 3 fully saturated rings. The van der Waals surface area contributed by atoms with Gasteiger partial charge in [0.1, 0.15) is 95.5 Å². The second kappa shape index (κ2) is 33.6. The number of fused-ring (bicyclic) bond motifs is 15. The molecule has 8 heterocycles. The highest BCUT2D eigenvalue weighted by Gasteiger charge is 2.52. The van der Waals surface area contributed by atoms with Crippen LogP contribution >= 0.6 is 11.6 Å². The fraction of sp³-hybridized carbons (Fsp3) is 0.493. The maximum atomic E-state index is 16.4. The van der Waals surface area contributed by atoms with Gasteiger partial charge in [-0.15, -0.1) is 0 Å². The fourth-order valence-corrected chi connectivity index (χ4v) is 14.7. The highest BCUT2D eigenvalue weighted by Crippen LogP contribution is 2.50. The van der Waals surface area contributed by atoms with Gasteiger partial charge in [-0.05, 0) is 129 Å². The van der Waals surface area contributed by atoms with Crippen LogP contribution < -0.4 is 68.6 Å². The molecule has 0 radical (unpaired) electrons. The number of ether oxygens (including phenoxy) is 8. The molecule has 13 rings (SSSR count). The summed E-state index contributed by atoms with van der Waals surface area (Å²) in [6, 6.07) is 2.73. The molecule has 22 N–H and O–H groups in total. The molecule has 0 aliphatic carbocycles. The fourth-order valence-electron chi connectivity index (χ4n) is 14.5. The molecule has 36 nitrogen and oxygen atoms in total. The molecule has 5 aromatic rings. The minimum Gasteiger partial charge on any atom is -0.508 e. The summed E-state index contributed by atoms with van der Waals surface area (Å²) >= 11 is 7.15. The maximum absolute atomic E-state index is 16.4. The number of carbonyl (C=O) groups is 8. The maximum Gasteiger partial charge on any atom is 0.249 e. The first kappa shape index (κ1) is 83.3. The quantitative estimate of drug-likeness (QED) is 0.0639. The number of nitrogens with one attached hydrogen (secondary N) is 7. The van der Waals surface area contributed by atoms with E-state index in [1.165, 1.54) is 85.2 Å². The van der Waals surface area contributed by atoms with E-state index < -0.39 is 239 Å². The Morgan fingerprint density at radius 3 is 1.88 bits per heavy atom. The van der Waals surface area contributed by atoms with Gasteiger partial charge in [-0.2, -0.15) is 0 Å². The highest BCUT2D eigenvalue weighted by molar-refractivity contribution is 6.32. The zero-order valence-electron chi connectivity index (χ0n) is 62.4. The first-order valence-corrected chi connectivity index (χ1v) is 36.5. The lowest BCUT2D eigenvalue weighted by molar-refractivity contribution is -0.333. The Kier molecular flexibility index (Phi) is 25.0. The molecule has 11 bridgehead atoms. The van der Waals surface area contributed by atoms with Crippen LogP contribution in [0.25, 0.3) is 11.1 Å². The monoisotopic (exact) mass is 1580 g/mol. The van der Waals surface area contributed by atoms with Gasteiger partial charge in [-0.25, -0.2) is 0 Å². The number of carbonyl (C=O) groups excluding carboxylic acids is 8. The third-order valence-electron chi connectivity index (χ3n) is 20.5. The molecule has 112 heavy (non-hydrogen) atoms. The van der Waals surface area contributed by atoms with Crippen molar-refractivity contribution in [3.63, 3.8) is 0 Å². The van der Waals surface area contributed by atoms with Crippen molar-refractivity contribution in [3.8, 4) is 57.1 Å². The van der Waals surface area contributed by atoms with E-state index in [0.29, 0.717) is 0 Å². The van der Waals surface area contributed by atoms with Crippen LogP contribution in [0.3, 0.4) is 0 Å². The molecule has 22 atom stereocenters. The summed E-state index contributed by atoms with van der Waals surface area (Å²) < 4.78 is 52.0. The molecule has 8 aliphatic rings. The summed E-state index contributed by atoms with van der Waals surface area (Å²) in [5, 5.41) is 122. The number of benzene rings is 5. The van der Waals surface area contributed by atoms with Gasteiger partial charge >= 0.3 is 0 Å². The third-order valence-corrected chi connectivity index (χ3v) is 20.8. The number of hydrogen-bond acceptors (Lipinski definition) is 28. The highest BCUT2D eigenvalue weighted by atomic mass is 35.5. The number of phenolic OH excluding ortho intramolecular Hbond substituents is 3. The van der Waals surface area contributed by atoms with Crippen molar-refractivity contribution in [2.45, 2.75) is 201 Å². The number of rotatable bonds is 15. The van der Waals surface area contributed by atoms with E-state index in [-0.39, 0.29) is 69.5 Å². The van der Waals surface area contributed by atoms with Crippen LogP contribution in [0, 0.1) is 5.92 Å². The molecule has 37 heteroatoms. The smallest absolute Gasteiger partial charge is 0.249 e. The Bertz CT molecular complexity index is 4400. The standard InChI is InChI=1S/C75H94ClN11O25/c1-29(2)18-41(80-7)66(98)85-56-58(93)34-13-17-45(40(76)20-34)108-47-22-35-21-46(62(47)112-73-63(60(95)59(94)48(28-88)109-73)111-51-27-75(6,79)65(97)31(4)106-51)107-37-14-10-32(11-15-37)61(110-50-26-74(5,78)64(96)30(3)105-50)57-71(103)84-55(72(104)87(8)9)39-23-36(89)24-44(91)52(39)38-19-33(12-16-43(38)90)53(68(100)86-57)83-69(101)54(35)82-67(99)42(25-49(77)92)81-70(56)102/h10-17,19-24,29-31,41-42,48,50-51,53-61,63-65,73,80,88-91,93-97H,18,25-28,78-79H2,1-9H3,(H2,77,92)(H,81,102)(H,82,99)(H,83,101)(H,84,103)(H,85,98)(H,86,100)/t30-,31-,41+,42-,48+,50-,51-,53+,54+,55-,56+,57-,58+,59+,60-,61+,63+,64-,65-,73-,74-,75-/m0/s1. The van der Waals surface area contributed by atoms with Crippen molar-refractivity contribution in [1.82, 2.24) is 42.1 Å². The molecular formula is C75H94ClN11O25. The van der Waals surface area contributed by atoms with Crippen LogP contribution in [0.4, 0.5) is 0 Å². The van der Waals surface area contributed by atoms with Gasteiger partial charge in [0.2, 0.25) is 59.3 Å². The van der Waals surface area contributed by atoms with E-state index in [1.54, 1.807) is 0 Å². The normalized spacial score (nSPS) is 31.8. The summed E-state index contributed by atoms with van der Waals surface area (Å²) in [6.45, 7) is 8.75. The lowest BCUT2D eigenvalue weighted by Crippen LogP contribution is -2.64. The van der Waals surface area contributed by atoms with Crippen molar-refractivity contribution in [3.05, 3.63) is 118 Å². The number of hydrogen-bond donors (Lipinski definition) is 19. The van der Waals surface area contributed by atoms with E-state index in [9.17, 15) is 60.3 Å². The Morgan fingerprint density at radius 1 is 0.679 bits per heavy atom. The Balaban J connectivity index is 1.19. The molecule has 5 aromatic carbocycles. The zero-order valence-corrected chi connectivity index (χ0v) is 63.1. The number of amides is 8. The van der Waals surface area contributed by atoms with Gasteiger partial charge in [-0.3, -0.25) is 38.4 Å². The minimum atomic E-state index is -2.32. The van der Waals surface area contributed by atoms with Crippen LogP contribution in [0.2, 0.25) is 5.02 Å². The number of nitrogens with zero attached hydrogens (tertiary/aromatic N) is 1. The van der Waals surface area contributed by atoms with Gasteiger partial charge in [0.15, 0.2) is 30.2 Å². The zero-order chi connectivity index (χ0) is 81.6. The largest absolute Gasteiger partial charge is 0.508 e. The number of likely N-dealkylation sites (N-methyl/N-ethyl adjacent to an activating group) is 2. The molecule has 0 unspecified atom stereocenters. The minimum absolute atomic E-state index is 0.0123. The van der Waals surface area contributed by atoms with Gasteiger partial charge in [0.25, 0.3) is 0 Å². The van der Waals surface area contributed by atoms with Crippen LogP contribution in [0.15, 0.2) is 84.9 Å². The summed E-state index contributed by atoms with van der Waals surface area (Å²) in [4.78, 5) is 122. The van der Waals surface area contributed by atoms with Gasteiger partial charge < -0.3 is 143 Å². The molecule has 8 aliphatic heterocycles. The van der Waals surface area contributed by atoms with Crippen molar-refractivity contribution in [2.24, 2.45) is 23.1 Å². The van der Waals surface area contributed by atoms with E-state index in [4.69, 9.17) is 66.7 Å². The summed E-state index contributed by atoms with van der Waals surface area (Å²) in [5.41, 5.74) is 14.3. The molecule has 0 aromatic heterocycles. The number of aromatic hydroxyl groups is 3. The third kappa shape index (κ3) is 17.7. The second-order valence-corrected chi connectivity index (χ2v) is 30.4. The number of phenols is 3. The van der Waals surface area contributed by atoms with Crippen LogP contribution in [0.5, 0.6) is 46.0 Å². The predicted octanol–water partition coefficient (Wildman–Crippen LogP) is -0.306. The van der Waals surface area contributed by atoms with Gasteiger partial charge in [-0.1, -0.05) is 49.7 Å². The van der Waals surface area contributed by atoms with Crippen LogP contribution in [-0.2, 0) is 62.0 Å².